The molecular formula is C15H23ClO4. The van der Waals surface area contributed by atoms with E-state index in [4.69, 9.17) is 21.1 Å². The highest BCUT2D eigenvalue weighted by atomic mass is 35.5. The van der Waals surface area contributed by atoms with Crippen molar-refractivity contribution in [2.24, 2.45) is 0 Å². The molecule has 1 aromatic rings. The van der Waals surface area contributed by atoms with E-state index < -0.39 is 12.2 Å². The molecule has 2 atom stereocenters. The van der Waals surface area contributed by atoms with Crippen LogP contribution in [0.15, 0.2) is 18.2 Å². The van der Waals surface area contributed by atoms with Crippen LogP contribution in [-0.2, 0) is 4.74 Å². The lowest BCUT2D eigenvalue weighted by atomic mass is 10.1. The van der Waals surface area contributed by atoms with E-state index in [2.05, 4.69) is 6.92 Å². The zero-order chi connectivity index (χ0) is 15.0. The summed E-state index contributed by atoms with van der Waals surface area (Å²) in [5.74, 6) is 0.490. The lowest BCUT2D eigenvalue weighted by Crippen LogP contribution is -2.23. The second-order valence-electron chi connectivity index (χ2n) is 4.76. The Bertz CT molecular complexity index is 395. The zero-order valence-corrected chi connectivity index (χ0v) is 12.8. The summed E-state index contributed by atoms with van der Waals surface area (Å²) >= 11 is 6.05. The average molecular weight is 303 g/mol. The molecule has 20 heavy (non-hydrogen) atoms. The van der Waals surface area contributed by atoms with E-state index in [0.29, 0.717) is 17.4 Å². The van der Waals surface area contributed by atoms with Crippen LogP contribution < -0.4 is 4.74 Å². The van der Waals surface area contributed by atoms with Crippen molar-refractivity contribution < 1.29 is 19.7 Å². The fourth-order valence-corrected chi connectivity index (χ4v) is 1.84. The maximum atomic E-state index is 9.71. The standard InChI is InChI=1S/C15H23ClO4/c1-3-4-7-19-9-13(18)10-20-15-6-5-12(11(2)17)8-14(15)16/h5-6,8,11,13,17-18H,3-4,7,9-10H2,1-2H3/t11-,13?/m0/s1. The number of hydrogen-bond donors (Lipinski definition) is 2. The second kappa shape index (κ2) is 9.19. The van der Waals surface area contributed by atoms with Crippen molar-refractivity contribution in [3.05, 3.63) is 28.8 Å². The predicted molar refractivity (Wildman–Crippen MR) is 79.3 cm³/mol. The Balaban J connectivity index is 2.37. The molecule has 0 aliphatic heterocycles. The second-order valence-corrected chi connectivity index (χ2v) is 5.17. The minimum Gasteiger partial charge on any atom is -0.489 e. The van der Waals surface area contributed by atoms with Gasteiger partial charge in [0.15, 0.2) is 0 Å². The van der Waals surface area contributed by atoms with Crippen LogP contribution in [0.25, 0.3) is 0 Å². The molecule has 5 heteroatoms. The fourth-order valence-electron chi connectivity index (χ4n) is 1.59. The molecule has 0 fully saturated rings. The van der Waals surface area contributed by atoms with Crippen molar-refractivity contribution in [3.63, 3.8) is 0 Å². The predicted octanol–water partition coefficient (Wildman–Crippen LogP) is 2.95. The van der Waals surface area contributed by atoms with Crippen LogP contribution in [0.1, 0.15) is 38.4 Å². The molecular weight excluding hydrogens is 280 g/mol. The highest BCUT2D eigenvalue weighted by Crippen LogP contribution is 2.27. The number of ether oxygens (including phenoxy) is 2. The first kappa shape index (κ1) is 17.2. The Labute approximate surface area is 125 Å². The highest BCUT2D eigenvalue weighted by Gasteiger charge is 2.09. The van der Waals surface area contributed by atoms with E-state index in [1.807, 2.05) is 0 Å². The molecule has 0 aliphatic rings. The normalized spacial score (nSPS) is 14.1. The third kappa shape index (κ3) is 6.09. The number of aliphatic hydroxyl groups is 2. The van der Waals surface area contributed by atoms with Crippen LogP contribution in [0.5, 0.6) is 5.75 Å². The molecule has 0 bridgehead atoms. The van der Waals surface area contributed by atoms with Gasteiger partial charge in [-0.1, -0.05) is 31.0 Å². The minimum absolute atomic E-state index is 0.125. The molecule has 2 N–H and O–H groups in total. The van der Waals surface area contributed by atoms with Gasteiger partial charge in [0, 0.05) is 6.61 Å². The van der Waals surface area contributed by atoms with Gasteiger partial charge in [-0.3, -0.25) is 0 Å². The minimum atomic E-state index is -0.681. The van der Waals surface area contributed by atoms with Crippen molar-refractivity contribution in [1.29, 1.82) is 0 Å². The molecule has 1 unspecified atom stereocenters. The fraction of sp³-hybridized carbons (Fsp3) is 0.600. The van der Waals surface area contributed by atoms with Crippen molar-refractivity contribution in [2.45, 2.75) is 38.9 Å². The van der Waals surface area contributed by atoms with E-state index in [0.717, 1.165) is 18.4 Å². The number of unbranched alkanes of at least 4 members (excludes halogenated alkanes) is 1. The smallest absolute Gasteiger partial charge is 0.138 e. The van der Waals surface area contributed by atoms with Gasteiger partial charge in [0.05, 0.1) is 17.7 Å². The highest BCUT2D eigenvalue weighted by molar-refractivity contribution is 6.32. The van der Waals surface area contributed by atoms with Crippen molar-refractivity contribution in [2.75, 3.05) is 19.8 Å². The van der Waals surface area contributed by atoms with Crippen molar-refractivity contribution >= 4 is 11.6 Å². The molecule has 0 radical (unpaired) electrons. The molecule has 0 aliphatic carbocycles. The number of benzene rings is 1. The van der Waals surface area contributed by atoms with Crippen LogP contribution in [-0.4, -0.2) is 36.1 Å². The lowest BCUT2D eigenvalue weighted by Gasteiger charge is -2.14. The Morgan fingerprint density at radius 2 is 2.00 bits per heavy atom. The largest absolute Gasteiger partial charge is 0.489 e. The number of aliphatic hydroxyl groups excluding tert-OH is 2. The van der Waals surface area contributed by atoms with Crippen LogP contribution in [0.4, 0.5) is 0 Å². The number of rotatable bonds is 9. The zero-order valence-electron chi connectivity index (χ0n) is 12.0. The third-order valence-corrected chi connectivity index (χ3v) is 3.12. The quantitative estimate of drug-likeness (QED) is 0.689. The monoisotopic (exact) mass is 302 g/mol. The van der Waals surface area contributed by atoms with Gasteiger partial charge >= 0.3 is 0 Å². The first-order chi connectivity index (χ1) is 9.54. The van der Waals surface area contributed by atoms with Gasteiger partial charge in [-0.25, -0.2) is 0 Å². The van der Waals surface area contributed by atoms with E-state index in [9.17, 15) is 10.2 Å². The average Bonchev–Trinajstić information content (AvgIpc) is 2.42. The Hall–Kier alpha value is -0.810. The maximum Gasteiger partial charge on any atom is 0.138 e. The van der Waals surface area contributed by atoms with Crippen LogP contribution in [0, 0.1) is 0 Å². The molecule has 0 spiro atoms. The van der Waals surface area contributed by atoms with Gasteiger partial charge in [0.2, 0.25) is 0 Å². The summed E-state index contributed by atoms with van der Waals surface area (Å²) in [5.41, 5.74) is 0.728. The first-order valence-corrected chi connectivity index (χ1v) is 7.28. The van der Waals surface area contributed by atoms with Crippen LogP contribution in [0.3, 0.4) is 0 Å². The van der Waals surface area contributed by atoms with Crippen LogP contribution in [0.2, 0.25) is 5.02 Å². The van der Waals surface area contributed by atoms with Gasteiger partial charge in [0.1, 0.15) is 18.5 Å². The Kier molecular flexibility index (Phi) is 7.92. The van der Waals surface area contributed by atoms with E-state index in [-0.39, 0.29) is 13.2 Å². The third-order valence-electron chi connectivity index (χ3n) is 2.82. The van der Waals surface area contributed by atoms with E-state index in [1.165, 1.54) is 0 Å². The molecule has 0 saturated carbocycles. The van der Waals surface area contributed by atoms with Gasteiger partial charge in [-0.05, 0) is 31.0 Å². The van der Waals surface area contributed by atoms with Crippen molar-refractivity contribution in [1.82, 2.24) is 0 Å². The summed E-state index contributed by atoms with van der Waals surface area (Å²) in [7, 11) is 0. The summed E-state index contributed by atoms with van der Waals surface area (Å²) < 4.78 is 10.8. The van der Waals surface area contributed by atoms with E-state index >= 15 is 0 Å². The molecule has 1 rings (SSSR count). The molecule has 4 nitrogen and oxygen atoms in total. The molecule has 1 aromatic carbocycles. The topological polar surface area (TPSA) is 58.9 Å². The summed E-state index contributed by atoms with van der Waals surface area (Å²) in [6.07, 6.45) is 0.802. The van der Waals surface area contributed by atoms with Gasteiger partial charge < -0.3 is 19.7 Å². The van der Waals surface area contributed by atoms with Gasteiger partial charge in [0.25, 0.3) is 0 Å². The van der Waals surface area contributed by atoms with Crippen LogP contribution >= 0.6 is 11.6 Å². The molecule has 0 saturated heterocycles. The maximum absolute atomic E-state index is 9.71. The van der Waals surface area contributed by atoms with Crippen molar-refractivity contribution in [3.8, 4) is 5.75 Å². The summed E-state index contributed by atoms with van der Waals surface area (Å²) in [6.45, 7) is 4.78. The number of halogens is 1. The molecule has 0 aromatic heterocycles. The Morgan fingerprint density at radius 1 is 1.25 bits per heavy atom. The van der Waals surface area contributed by atoms with E-state index in [1.54, 1.807) is 25.1 Å². The summed E-state index contributed by atoms with van der Waals surface area (Å²) in [6, 6.07) is 5.09. The SMILES string of the molecule is CCCCOCC(O)COc1ccc([C@H](C)O)cc1Cl. The Morgan fingerprint density at radius 3 is 2.60 bits per heavy atom. The molecule has 0 heterocycles. The summed E-state index contributed by atoms with van der Waals surface area (Å²) in [4.78, 5) is 0. The van der Waals surface area contributed by atoms with Gasteiger partial charge in [-0.2, -0.15) is 0 Å². The van der Waals surface area contributed by atoms with Gasteiger partial charge in [-0.15, -0.1) is 0 Å². The summed E-state index contributed by atoms with van der Waals surface area (Å²) in [5, 5.41) is 19.6. The molecule has 114 valence electrons. The first-order valence-electron chi connectivity index (χ1n) is 6.90. The lowest BCUT2D eigenvalue weighted by molar-refractivity contribution is 0.0113. The number of hydrogen-bond acceptors (Lipinski definition) is 4. The molecule has 0 amide bonds.